The topological polar surface area (TPSA) is 89.4 Å². The van der Waals surface area contributed by atoms with Crippen molar-refractivity contribution in [2.75, 3.05) is 6.54 Å². The molecule has 0 aromatic rings. The molecule has 1 saturated carbocycles. The molecule has 0 aromatic carbocycles. The van der Waals surface area contributed by atoms with Crippen LogP contribution in [0.5, 0.6) is 0 Å². The lowest BCUT2D eigenvalue weighted by Gasteiger charge is -2.42. The molecule has 1 aliphatic carbocycles. The van der Waals surface area contributed by atoms with Gasteiger partial charge in [-0.25, -0.2) is 0 Å². The fourth-order valence-electron chi connectivity index (χ4n) is 3.59. The third-order valence-corrected chi connectivity index (χ3v) is 5.18. The van der Waals surface area contributed by atoms with E-state index in [1.54, 1.807) is 0 Å². The molecule has 0 aromatic heterocycles. The van der Waals surface area contributed by atoms with Crippen LogP contribution in [0.1, 0.15) is 46.0 Å². The smallest absolute Gasteiger partial charge is 0.227 e. The molecular formula is C15H27N3O2. The lowest BCUT2D eigenvalue weighted by atomic mass is 9.77. The highest BCUT2D eigenvalue weighted by molar-refractivity contribution is 5.82. The van der Waals surface area contributed by atoms with E-state index in [9.17, 15) is 9.59 Å². The van der Waals surface area contributed by atoms with E-state index in [1.165, 1.54) is 0 Å². The number of hydrogen-bond donors (Lipinski definition) is 2. The maximum absolute atomic E-state index is 12.8. The summed E-state index contributed by atoms with van der Waals surface area (Å²) in [4.78, 5) is 26.0. The van der Waals surface area contributed by atoms with Crippen LogP contribution >= 0.6 is 0 Å². The first-order chi connectivity index (χ1) is 9.41. The molecular weight excluding hydrogens is 254 g/mol. The Morgan fingerprint density at radius 1 is 1.10 bits per heavy atom. The second kappa shape index (κ2) is 6.12. The molecule has 2 fully saturated rings. The van der Waals surface area contributed by atoms with Gasteiger partial charge in [0.1, 0.15) is 0 Å². The summed E-state index contributed by atoms with van der Waals surface area (Å²) in [5, 5.41) is 0. The monoisotopic (exact) mass is 281 g/mol. The van der Waals surface area contributed by atoms with Crippen LogP contribution in [0.25, 0.3) is 0 Å². The van der Waals surface area contributed by atoms with Crippen LogP contribution in [0.3, 0.4) is 0 Å². The van der Waals surface area contributed by atoms with Gasteiger partial charge in [0.25, 0.3) is 0 Å². The largest absolute Gasteiger partial charge is 0.369 e. The first-order valence-corrected chi connectivity index (χ1v) is 7.77. The summed E-state index contributed by atoms with van der Waals surface area (Å²) in [7, 11) is 0. The molecule has 1 aliphatic heterocycles. The molecule has 2 rings (SSSR count). The van der Waals surface area contributed by atoms with Crippen LogP contribution in [-0.4, -0.2) is 35.3 Å². The van der Waals surface area contributed by atoms with Gasteiger partial charge in [-0.2, -0.15) is 0 Å². The lowest BCUT2D eigenvalue weighted by molar-refractivity contribution is -0.143. The zero-order valence-electron chi connectivity index (χ0n) is 12.5. The van der Waals surface area contributed by atoms with E-state index >= 15 is 0 Å². The van der Waals surface area contributed by atoms with E-state index in [0.717, 1.165) is 32.1 Å². The quantitative estimate of drug-likeness (QED) is 0.786. The number of nitrogens with two attached hydrogens (primary N) is 2. The summed E-state index contributed by atoms with van der Waals surface area (Å²) in [6.07, 6.45) is 4.66. The highest BCUT2D eigenvalue weighted by Crippen LogP contribution is 2.31. The van der Waals surface area contributed by atoms with E-state index in [4.69, 9.17) is 11.5 Å². The van der Waals surface area contributed by atoms with Crippen LogP contribution in [0.4, 0.5) is 0 Å². The lowest BCUT2D eigenvalue weighted by Crippen LogP contribution is -2.54. The first kappa shape index (κ1) is 15.3. The number of carbonyl (C=O) groups is 2. The summed E-state index contributed by atoms with van der Waals surface area (Å²) < 4.78 is 0. The van der Waals surface area contributed by atoms with E-state index in [0.29, 0.717) is 12.5 Å². The molecule has 5 unspecified atom stereocenters. The first-order valence-electron chi connectivity index (χ1n) is 7.77. The van der Waals surface area contributed by atoms with Gasteiger partial charge < -0.3 is 16.4 Å². The van der Waals surface area contributed by atoms with Gasteiger partial charge in [-0.05, 0) is 38.5 Å². The molecule has 20 heavy (non-hydrogen) atoms. The van der Waals surface area contributed by atoms with Crippen LogP contribution in [0, 0.1) is 17.8 Å². The third-order valence-electron chi connectivity index (χ3n) is 5.18. The van der Waals surface area contributed by atoms with E-state index < -0.39 is 0 Å². The number of hydrogen-bond acceptors (Lipinski definition) is 3. The Kier molecular flexibility index (Phi) is 4.68. The van der Waals surface area contributed by atoms with Gasteiger partial charge >= 0.3 is 0 Å². The van der Waals surface area contributed by atoms with Gasteiger partial charge in [0.05, 0.1) is 11.8 Å². The zero-order valence-corrected chi connectivity index (χ0v) is 12.5. The summed E-state index contributed by atoms with van der Waals surface area (Å²) in [5.41, 5.74) is 11.6. The number of piperidine rings is 1. The molecule has 1 heterocycles. The number of rotatable bonds is 2. The number of carbonyl (C=O) groups excluding carboxylic acids is 2. The number of primary amides is 1. The van der Waals surface area contributed by atoms with Crippen molar-refractivity contribution in [3.8, 4) is 0 Å². The van der Waals surface area contributed by atoms with Crippen molar-refractivity contribution >= 4 is 11.8 Å². The van der Waals surface area contributed by atoms with E-state index in [-0.39, 0.29) is 35.7 Å². The molecule has 5 nitrogen and oxygen atoms in total. The molecule has 5 heteroatoms. The van der Waals surface area contributed by atoms with Crippen molar-refractivity contribution in [1.29, 1.82) is 0 Å². The maximum Gasteiger partial charge on any atom is 0.227 e. The van der Waals surface area contributed by atoms with Crippen molar-refractivity contribution in [1.82, 2.24) is 4.90 Å². The standard InChI is InChI=1S/C15H27N3O2/c1-9-4-3-5-12(13(9)16)15(20)18-8-11(14(17)19)7-6-10(18)2/h9-13H,3-8,16H2,1-2H3,(H2,17,19). The van der Waals surface area contributed by atoms with Gasteiger partial charge in [-0.1, -0.05) is 13.3 Å². The fraction of sp³-hybridized carbons (Fsp3) is 0.867. The normalized spacial score (nSPS) is 38.5. The van der Waals surface area contributed by atoms with Crippen molar-refractivity contribution in [3.63, 3.8) is 0 Å². The van der Waals surface area contributed by atoms with Gasteiger partial charge in [0.15, 0.2) is 0 Å². The van der Waals surface area contributed by atoms with E-state index in [1.807, 2.05) is 11.8 Å². The minimum atomic E-state index is -0.295. The Balaban J connectivity index is 2.08. The minimum Gasteiger partial charge on any atom is -0.369 e. The highest BCUT2D eigenvalue weighted by atomic mass is 16.2. The highest BCUT2D eigenvalue weighted by Gasteiger charge is 2.39. The predicted molar refractivity (Wildman–Crippen MR) is 77.6 cm³/mol. The molecule has 0 bridgehead atoms. The number of nitrogens with zero attached hydrogens (tertiary/aromatic N) is 1. The number of amides is 2. The second-order valence-electron chi connectivity index (χ2n) is 6.61. The fourth-order valence-corrected chi connectivity index (χ4v) is 3.59. The molecule has 2 amide bonds. The van der Waals surface area contributed by atoms with Crippen molar-refractivity contribution in [3.05, 3.63) is 0 Å². The SMILES string of the molecule is CC1CCCC(C(=O)N2CC(C(N)=O)CCC2C)C1N. The summed E-state index contributed by atoms with van der Waals surface area (Å²) in [6, 6.07) is 0.125. The molecule has 0 radical (unpaired) electrons. The maximum atomic E-state index is 12.8. The molecule has 5 atom stereocenters. The second-order valence-corrected chi connectivity index (χ2v) is 6.61. The van der Waals surface area contributed by atoms with Crippen LogP contribution < -0.4 is 11.5 Å². The van der Waals surface area contributed by atoms with Gasteiger partial charge in [-0.3, -0.25) is 9.59 Å². The molecule has 2 aliphatic rings. The Labute approximate surface area is 121 Å². The molecule has 4 N–H and O–H groups in total. The Morgan fingerprint density at radius 3 is 2.45 bits per heavy atom. The zero-order chi connectivity index (χ0) is 14.9. The van der Waals surface area contributed by atoms with Crippen LogP contribution in [-0.2, 0) is 9.59 Å². The summed E-state index contributed by atoms with van der Waals surface area (Å²) in [5.74, 6) is -0.0662. The van der Waals surface area contributed by atoms with Gasteiger partial charge in [0, 0.05) is 18.6 Å². The summed E-state index contributed by atoms with van der Waals surface area (Å²) >= 11 is 0. The molecule has 1 saturated heterocycles. The predicted octanol–water partition coefficient (Wildman–Crippen LogP) is 0.862. The Morgan fingerprint density at radius 2 is 1.80 bits per heavy atom. The number of likely N-dealkylation sites (tertiary alicyclic amines) is 1. The van der Waals surface area contributed by atoms with Crippen LogP contribution in [0.2, 0.25) is 0 Å². The average molecular weight is 281 g/mol. The minimum absolute atomic E-state index is 0.0580. The molecule has 114 valence electrons. The van der Waals surface area contributed by atoms with Crippen molar-refractivity contribution in [2.45, 2.75) is 58.0 Å². The van der Waals surface area contributed by atoms with E-state index in [2.05, 4.69) is 6.92 Å². The Hall–Kier alpha value is -1.10. The van der Waals surface area contributed by atoms with Crippen molar-refractivity contribution < 1.29 is 9.59 Å². The third kappa shape index (κ3) is 2.97. The van der Waals surface area contributed by atoms with Crippen LogP contribution in [0.15, 0.2) is 0 Å². The molecule has 0 spiro atoms. The summed E-state index contributed by atoms with van der Waals surface area (Å²) in [6.45, 7) is 4.63. The van der Waals surface area contributed by atoms with Crippen molar-refractivity contribution in [2.24, 2.45) is 29.2 Å². The Bertz CT molecular complexity index is 385. The average Bonchev–Trinajstić information content (AvgIpc) is 2.41. The van der Waals surface area contributed by atoms with Gasteiger partial charge in [0.2, 0.25) is 11.8 Å². The van der Waals surface area contributed by atoms with Gasteiger partial charge in [-0.15, -0.1) is 0 Å².